The van der Waals surface area contributed by atoms with Crippen LogP contribution in [0.5, 0.6) is 0 Å². The molecule has 0 aliphatic heterocycles. The number of aromatic nitrogens is 2. The van der Waals surface area contributed by atoms with Crippen molar-refractivity contribution in [2.24, 2.45) is 0 Å². The second kappa shape index (κ2) is 2.52. The van der Waals surface area contributed by atoms with Gasteiger partial charge in [-0.3, -0.25) is 4.57 Å². The molecule has 0 aliphatic carbocycles. The van der Waals surface area contributed by atoms with Crippen molar-refractivity contribution >= 4 is 0 Å². The Morgan fingerprint density at radius 2 is 2.09 bits per heavy atom. The summed E-state index contributed by atoms with van der Waals surface area (Å²) in [5.74, 6) is 0. The summed E-state index contributed by atoms with van der Waals surface area (Å²) >= 11 is 0. The Morgan fingerprint density at radius 1 is 1.45 bits per heavy atom. The number of hydrogen-bond acceptors (Lipinski definition) is 1. The Kier molecular flexibility index (Phi) is 1.84. The minimum Gasteiger partial charge on any atom is -0.298 e. The molecule has 0 atom stereocenters. The van der Waals surface area contributed by atoms with E-state index in [0.717, 1.165) is 6.33 Å². The molecular weight excluding hydrogens is 164 g/mol. The summed E-state index contributed by atoms with van der Waals surface area (Å²) in [7, 11) is 0. The van der Waals surface area contributed by atoms with Gasteiger partial charge in [-0.2, -0.15) is 13.2 Å². The highest BCUT2D eigenvalue weighted by atomic mass is 19.4. The molecule has 0 fully saturated rings. The van der Waals surface area contributed by atoms with Crippen molar-refractivity contribution in [2.45, 2.75) is 13.0 Å². The first-order valence-electron chi connectivity index (χ1n) is 2.69. The van der Waals surface area contributed by atoms with Crippen LogP contribution in [-0.2, 0) is 13.0 Å². The highest BCUT2D eigenvalue weighted by molar-refractivity contribution is 5.02. The van der Waals surface area contributed by atoms with E-state index in [0.29, 0.717) is 10.8 Å². The van der Waals surface area contributed by atoms with Crippen LogP contribution in [0.2, 0.25) is 0 Å². The normalized spacial score (nSPS) is 12.0. The predicted octanol–water partition coefficient (Wildman–Crippen LogP) is 1.83. The zero-order valence-electron chi connectivity index (χ0n) is 5.27. The average Bonchev–Trinajstić information content (AvgIpc) is 2.31. The third-order valence-electron chi connectivity index (χ3n) is 1.13. The van der Waals surface area contributed by atoms with Gasteiger partial charge >= 0.3 is 6.18 Å². The average molecular weight is 168 g/mol. The minimum atomic E-state index is -4.53. The molecule has 0 spiro atoms. The second-order valence-electron chi connectivity index (χ2n) is 1.87. The SMILES string of the molecule is FCn1cncc1C(F)(F)F. The lowest BCUT2D eigenvalue weighted by atomic mass is 10.5. The van der Waals surface area contributed by atoms with Gasteiger partial charge < -0.3 is 0 Å². The zero-order chi connectivity index (χ0) is 8.48. The summed E-state index contributed by atoms with van der Waals surface area (Å²) in [5, 5.41) is 0. The largest absolute Gasteiger partial charge is 0.433 e. The van der Waals surface area contributed by atoms with Gasteiger partial charge in [0.05, 0.1) is 12.5 Å². The molecule has 0 amide bonds. The fraction of sp³-hybridized carbons (Fsp3) is 0.400. The number of hydrogen-bond donors (Lipinski definition) is 0. The van der Waals surface area contributed by atoms with Crippen LogP contribution in [0, 0.1) is 0 Å². The van der Waals surface area contributed by atoms with Gasteiger partial charge in [0.2, 0.25) is 0 Å². The van der Waals surface area contributed by atoms with Gasteiger partial charge in [-0.05, 0) is 0 Å². The van der Waals surface area contributed by atoms with E-state index in [1.807, 2.05) is 0 Å². The smallest absolute Gasteiger partial charge is 0.298 e. The van der Waals surface area contributed by atoms with Crippen LogP contribution in [0.1, 0.15) is 5.69 Å². The van der Waals surface area contributed by atoms with E-state index in [2.05, 4.69) is 4.98 Å². The van der Waals surface area contributed by atoms with E-state index < -0.39 is 18.7 Å². The minimum absolute atomic E-state index is 0.389. The van der Waals surface area contributed by atoms with E-state index in [1.54, 1.807) is 0 Å². The molecular formula is C5H4F4N2. The van der Waals surface area contributed by atoms with Crippen molar-refractivity contribution < 1.29 is 17.6 Å². The molecule has 11 heavy (non-hydrogen) atoms. The molecule has 0 saturated carbocycles. The summed E-state index contributed by atoms with van der Waals surface area (Å²) in [4.78, 5) is 3.16. The molecule has 2 nitrogen and oxygen atoms in total. The Hall–Kier alpha value is -1.07. The van der Waals surface area contributed by atoms with Crippen LogP contribution >= 0.6 is 0 Å². The molecule has 0 unspecified atom stereocenters. The van der Waals surface area contributed by atoms with Crippen LogP contribution in [0.25, 0.3) is 0 Å². The van der Waals surface area contributed by atoms with Gasteiger partial charge in [0, 0.05) is 0 Å². The van der Waals surface area contributed by atoms with Gasteiger partial charge in [-0.25, -0.2) is 9.37 Å². The first kappa shape index (κ1) is 8.03. The van der Waals surface area contributed by atoms with Crippen LogP contribution < -0.4 is 0 Å². The van der Waals surface area contributed by atoms with E-state index in [4.69, 9.17) is 0 Å². The third kappa shape index (κ3) is 1.50. The van der Waals surface area contributed by atoms with Crippen LogP contribution in [-0.4, -0.2) is 9.55 Å². The number of imidazole rings is 1. The maximum atomic E-state index is 11.8. The maximum absolute atomic E-state index is 11.8. The van der Waals surface area contributed by atoms with Crippen molar-refractivity contribution in [3.05, 3.63) is 18.2 Å². The first-order valence-corrected chi connectivity index (χ1v) is 2.69. The fourth-order valence-electron chi connectivity index (χ4n) is 0.652. The third-order valence-corrected chi connectivity index (χ3v) is 1.13. The number of halogens is 4. The number of nitrogens with zero attached hydrogens (tertiary/aromatic N) is 2. The standard InChI is InChI=1S/C5H4F4N2/c6-2-11-3-10-1-4(11)5(7,8)9/h1,3H,2H2. The van der Waals surface area contributed by atoms with E-state index >= 15 is 0 Å². The molecule has 0 saturated heterocycles. The molecule has 1 aromatic rings. The van der Waals surface area contributed by atoms with E-state index in [9.17, 15) is 17.6 Å². The van der Waals surface area contributed by atoms with Crippen molar-refractivity contribution in [1.29, 1.82) is 0 Å². The second-order valence-corrected chi connectivity index (χ2v) is 1.87. The topological polar surface area (TPSA) is 17.8 Å². The van der Waals surface area contributed by atoms with Crippen molar-refractivity contribution in [3.63, 3.8) is 0 Å². The first-order chi connectivity index (χ1) is 5.05. The molecule has 0 bridgehead atoms. The summed E-state index contributed by atoms with van der Waals surface area (Å²) < 4.78 is 47.7. The lowest BCUT2D eigenvalue weighted by molar-refractivity contribution is -0.144. The Morgan fingerprint density at radius 3 is 2.45 bits per heavy atom. The molecule has 6 heteroatoms. The molecule has 0 radical (unpaired) electrons. The molecule has 0 aliphatic rings. The lowest BCUT2D eigenvalue weighted by Crippen LogP contribution is -2.11. The molecule has 0 N–H and O–H groups in total. The van der Waals surface area contributed by atoms with Gasteiger partial charge in [0.15, 0.2) is 6.80 Å². The molecule has 0 aromatic carbocycles. The Labute approximate surface area is 59.5 Å². The van der Waals surface area contributed by atoms with Gasteiger partial charge in [-0.15, -0.1) is 0 Å². The van der Waals surface area contributed by atoms with E-state index in [1.165, 1.54) is 0 Å². The summed E-state index contributed by atoms with van der Waals surface area (Å²) in [5.41, 5.74) is -1.07. The number of rotatable bonds is 1. The number of alkyl halides is 4. The van der Waals surface area contributed by atoms with Gasteiger partial charge in [0.25, 0.3) is 0 Å². The van der Waals surface area contributed by atoms with Crippen molar-refractivity contribution in [3.8, 4) is 0 Å². The van der Waals surface area contributed by atoms with Crippen LogP contribution in [0.4, 0.5) is 17.6 Å². The predicted molar refractivity (Wildman–Crippen MR) is 28.3 cm³/mol. The Balaban J connectivity index is 3.02. The molecule has 62 valence electrons. The maximum Gasteiger partial charge on any atom is 0.433 e. The monoisotopic (exact) mass is 168 g/mol. The lowest BCUT2D eigenvalue weighted by Gasteiger charge is -2.06. The van der Waals surface area contributed by atoms with Gasteiger partial charge in [-0.1, -0.05) is 0 Å². The molecule has 1 rings (SSSR count). The van der Waals surface area contributed by atoms with Crippen molar-refractivity contribution in [2.75, 3.05) is 0 Å². The van der Waals surface area contributed by atoms with Crippen LogP contribution in [0.15, 0.2) is 12.5 Å². The highest BCUT2D eigenvalue weighted by Crippen LogP contribution is 2.28. The quantitative estimate of drug-likeness (QED) is 0.585. The summed E-state index contributed by atoms with van der Waals surface area (Å²) in [6.45, 7) is -1.21. The summed E-state index contributed by atoms with van der Waals surface area (Å²) in [6, 6.07) is 0. The van der Waals surface area contributed by atoms with E-state index in [-0.39, 0.29) is 0 Å². The summed E-state index contributed by atoms with van der Waals surface area (Å²) in [6.07, 6.45) is -3.15. The Bertz CT molecular complexity index is 239. The zero-order valence-corrected chi connectivity index (χ0v) is 5.27. The molecule has 1 aromatic heterocycles. The van der Waals surface area contributed by atoms with Crippen LogP contribution in [0.3, 0.4) is 0 Å². The highest BCUT2D eigenvalue weighted by Gasteiger charge is 2.34. The fourth-order valence-corrected chi connectivity index (χ4v) is 0.652. The molecule has 1 heterocycles. The van der Waals surface area contributed by atoms with Gasteiger partial charge in [0.1, 0.15) is 5.69 Å². The van der Waals surface area contributed by atoms with Crippen molar-refractivity contribution in [1.82, 2.24) is 9.55 Å².